The van der Waals surface area contributed by atoms with Crippen LogP contribution in [-0.2, 0) is 22.7 Å². The Kier molecular flexibility index (Phi) is 4.17. The van der Waals surface area contributed by atoms with Crippen LogP contribution in [0.4, 0.5) is 0 Å². The van der Waals surface area contributed by atoms with E-state index in [0.717, 1.165) is 15.7 Å². The Morgan fingerprint density at radius 1 is 1.22 bits per heavy atom. The number of hydrogen-bond donors (Lipinski definition) is 1. The van der Waals surface area contributed by atoms with Gasteiger partial charge in [0.05, 0.1) is 28.8 Å². The maximum atomic E-state index is 12.6. The molecule has 4 aromatic rings. The van der Waals surface area contributed by atoms with Crippen LogP contribution >= 0.6 is 0 Å². The number of carbonyl (C=O) groups is 1. The summed E-state index contributed by atoms with van der Waals surface area (Å²) < 4.78 is 8.03. The van der Waals surface area contributed by atoms with E-state index in [4.69, 9.17) is 9.84 Å². The predicted molar refractivity (Wildman–Crippen MR) is 98.5 cm³/mol. The third-order valence-electron chi connectivity index (χ3n) is 4.31. The van der Waals surface area contributed by atoms with Gasteiger partial charge in [-0.25, -0.2) is 9.50 Å². The first-order chi connectivity index (χ1) is 13.1. The van der Waals surface area contributed by atoms with Gasteiger partial charge in [-0.1, -0.05) is 30.3 Å². The van der Waals surface area contributed by atoms with E-state index in [2.05, 4.69) is 10.1 Å². The van der Waals surface area contributed by atoms with E-state index in [1.54, 1.807) is 17.7 Å². The molecule has 0 unspecified atom stereocenters. The zero-order valence-corrected chi connectivity index (χ0v) is 14.5. The van der Waals surface area contributed by atoms with E-state index >= 15 is 0 Å². The molecule has 0 aliphatic carbocycles. The van der Waals surface area contributed by atoms with Crippen molar-refractivity contribution in [3.63, 3.8) is 0 Å². The van der Waals surface area contributed by atoms with Crippen molar-refractivity contribution >= 4 is 22.5 Å². The number of hydrogen-bond acceptors (Lipinski definition) is 5. The molecule has 0 fully saturated rings. The molecule has 27 heavy (non-hydrogen) atoms. The summed E-state index contributed by atoms with van der Waals surface area (Å²) in [6.45, 7) is -0.110. The van der Waals surface area contributed by atoms with Crippen molar-refractivity contribution in [2.45, 2.75) is 13.2 Å². The van der Waals surface area contributed by atoms with Crippen LogP contribution in [-0.4, -0.2) is 37.4 Å². The monoisotopic (exact) mass is 364 g/mol. The molecule has 0 spiro atoms. The van der Waals surface area contributed by atoms with Gasteiger partial charge in [0.25, 0.3) is 5.56 Å². The summed E-state index contributed by atoms with van der Waals surface area (Å²) in [5, 5.41) is 13.9. The first-order valence-electron chi connectivity index (χ1n) is 8.26. The number of benzene rings is 1. The van der Waals surface area contributed by atoms with Crippen LogP contribution in [0.25, 0.3) is 27.7 Å². The smallest absolute Gasteiger partial charge is 0.323 e. The summed E-state index contributed by atoms with van der Waals surface area (Å²) in [5.74, 6) is -1.08. The molecule has 3 aromatic heterocycles. The lowest BCUT2D eigenvalue weighted by molar-refractivity contribution is -0.137. The molecule has 0 radical (unpaired) electrons. The lowest BCUT2D eigenvalue weighted by Crippen LogP contribution is -2.24. The molecule has 0 saturated heterocycles. The van der Waals surface area contributed by atoms with Gasteiger partial charge in [-0.2, -0.15) is 5.10 Å². The van der Waals surface area contributed by atoms with Gasteiger partial charge in [0.2, 0.25) is 0 Å². The predicted octanol–water partition coefficient (Wildman–Crippen LogP) is 1.94. The molecule has 4 rings (SSSR count). The molecule has 0 bridgehead atoms. The minimum atomic E-state index is -1.08. The first-order valence-corrected chi connectivity index (χ1v) is 8.26. The third kappa shape index (κ3) is 2.85. The van der Waals surface area contributed by atoms with Crippen LogP contribution in [0.3, 0.4) is 0 Å². The average molecular weight is 364 g/mol. The van der Waals surface area contributed by atoms with Crippen molar-refractivity contribution in [3.8, 4) is 11.1 Å². The number of aliphatic carboxylic acids is 1. The topological polar surface area (TPSA) is 98.7 Å². The van der Waals surface area contributed by atoms with Crippen LogP contribution < -0.4 is 5.56 Å². The summed E-state index contributed by atoms with van der Waals surface area (Å²) in [7, 11) is 1.59. The number of nitrogens with zero attached hydrogens (tertiary/aromatic N) is 4. The second kappa shape index (κ2) is 6.65. The fourth-order valence-electron chi connectivity index (χ4n) is 3.16. The third-order valence-corrected chi connectivity index (χ3v) is 4.31. The molecule has 1 N–H and O–H groups in total. The van der Waals surface area contributed by atoms with Crippen LogP contribution in [0.1, 0.15) is 5.69 Å². The first kappa shape index (κ1) is 16.9. The lowest BCUT2D eigenvalue weighted by atomic mass is 10.1. The van der Waals surface area contributed by atoms with Crippen molar-refractivity contribution < 1.29 is 14.6 Å². The largest absolute Gasteiger partial charge is 0.480 e. The molecule has 0 aliphatic rings. The van der Waals surface area contributed by atoms with Crippen molar-refractivity contribution in [1.29, 1.82) is 0 Å². The second-order valence-electron chi connectivity index (χ2n) is 6.06. The van der Waals surface area contributed by atoms with Gasteiger partial charge in [-0.3, -0.25) is 9.59 Å². The molecular formula is C19H16N4O4. The molecule has 0 saturated carbocycles. The molecule has 3 heterocycles. The van der Waals surface area contributed by atoms with Crippen LogP contribution in [0, 0.1) is 0 Å². The van der Waals surface area contributed by atoms with E-state index in [-0.39, 0.29) is 0 Å². The Morgan fingerprint density at radius 3 is 2.70 bits per heavy atom. The highest BCUT2D eigenvalue weighted by Crippen LogP contribution is 2.29. The van der Waals surface area contributed by atoms with Crippen molar-refractivity contribution in [1.82, 2.24) is 19.2 Å². The summed E-state index contributed by atoms with van der Waals surface area (Å²) in [5.41, 5.74) is 3.25. The van der Waals surface area contributed by atoms with Gasteiger partial charge >= 0.3 is 5.97 Å². The summed E-state index contributed by atoms with van der Waals surface area (Å²) in [6.07, 6.45) is 2.92. The minimum Gasteiger partial charge on any atom is -0.480 e. The van der Waals surface area contributed by atoms with Gasteiger partial charge in [-0.15, -0.1) is 0 Å². The maximum absolute atomic E-state index is 12.6. The number of methoxy groups -OCH3 is 1. The Morgan fingerprint density at radius 2 is 2.00 bits per heavy atom. The number of rotatable bonds is 5. The zero-order chi connectivity index (χ0) is 19.0. The van der Waals surface area contributed by atoms with E-state index in [1.165, 1.54) is 12.4 Å². The molecule has 0 aliphatic heterocycles. The number of aromatic nitrogens is 4. The summed E-state index contributed by atoms with van der Waals surface area (Å²) in [4.78, 5) is 28.0. The molecule has 136 valence electrons. The summed E-state index contributed by atoms with van der Waals surface area (Å²) in [6, 6.07) is 11.4. The van der Waals surface area contributed by atoms with Gasteiger partial charge in [-0.05, 0) is 11.6 Å². The van der Waals surface area contributed by atoms with Crippen LogP contribution in [0.15, 0.2) is 53.6 Å². The number of ether oxygens (including phenoxy) is 1. The minimum absolute atomic E-state index is 0.297. The highest BCUT2D eigenvalue weighted by atomic mass is 16.5. The molecular weight excluding hydrogens is 348 g/mol. The van der Waals surface area contributed by atoms with E-state index in [1.807, 2.05) is 30.3 Å². The molecule has 8 heteroatoms. The fourth-order valence-corrected chi connectivity index (χ4v) is 3.16. The van der Waals surface area contributed by atoms with Gasteiger partial charge in [0, 0.05) is 19.5 Å². The maximum Gasteiger partial charge on any atom is 0.323 e. The Hall–Kier alpha value is -3.52. The van der Waals surface area contributed by atoms with Gasteiger partial charge < -0.3 is 14.4 Å². The second-order valence-corrected chi connectivity index (χ2v) is 6.06. The number of fused-ring (bicyclic) bond motifs is 3. The Balaban J connectivity index is 2.02. The highest BCUT2D eigenvalue weighted by Gasteiger charge is 2.18. The van der Waals surface area contributed by atoms with E-state index < -0.39 is 18.1 Å². The van der Waals surface area contributed by atoms with Crippen LogP contribution in [0.5, 0.6) is 0 Å². The fraction of sp³-hybridized carbons (Fsp3) is 0.158. The van der Waals surface area contributed by atoms with Gasteiger partial charge in [0.1, 0.15) is 6.54 Å². The normalized spacial score (nSPS) is 11.3. The molecule has 1 aromatic carbocycles. The van der Waals surface area contributed by atoms with E-state index in [0.29, 0.717) is 28.9 Å². The highest BCUT2D eigenvalue weighted by molar-refractivity contribution is 5.86. The van der Waals surface area contributed by atoms with Crippen molar-refractivity contribution in [2.24, 2.45) is 0 Å². The number of carboxylic acid groups (broad SMARTS) is 1. The SMILES string of the molecule is COCc1nn2c(ncc3c(=O)n(CC(=O)O)ccc32)c1-c1ccccc1. The Bertz CT molecular complexity index is 1210. The van der Waals surface area contributed by atoms with Gasteiger partial charge in [0.15, 0.2) is 5.65 Å². The Labute approximate surface area is 153 Å². The van der Waals surface area contributed by atoms with Crippen LogP contribution in [0.2, 0.25) is 0 Å². The quantitative estimate of drug-likeness (QED) is 0.581. The lowest BCUT2D eigenvalue weighted by Gasteiger charge is -2.06. The zero-order valence-electron chi connectivity index (χ0n) is 14.5. The molecule has 0 atom stereocenters. The average Bonchev–Trinajstić information content (AvgIpc) is 3.03. The number of pyridine rings is 1. The molecule has 0 amide bonds. The summed E-state index contributed by atoms with van der Waals surface area (Å²) >= 11 is 0. The standard InChI is InChI=1S/C19H16N4O4/c1-27-11-14-17(12-5-3-2-4-6-12)18-20-9-13-15(23(18)21-14)7-8-22(19(13)26)10-16(24)25/h2-9H,10-11H2,1H3,(H,24,25). The number of carboxylic acids is 1. The van der Waals surface area contributed by atoms with Crippen molar-refractivity contribution in [2.75, 3.05) is 7.11 Å². The van der Waals surface area contributed by atoms with E-state index in [9.17, 15) is 9.59 Å². The van der Waals surface area contributed by atoms with Crippen molar-refractivity contribution in [3.05, 3.63) is 64.8 Å². The molecule has 8 nitrogen and oxygen atoms in total.